The van der Waals surface area contributed by atoms with Crippen LogP contribution in [0.5, 0.6) is 0 Å². The second-order valence-electron chi connectivity index (χ2n) is 16.7. The molecular weight excluding hydrogens is 737 g/mol. The highest BCUT2D eigenvalue weighted by Crippen LogP contribution is 2.47. The lowest BCUT2D eigenvalue weighted by Crippen LogP contribution is -2.14. The number of hydrogen-bond donors (Lipinski definition) is 1. The van der Waals surface area contributed by atoms with E-state index in [-0.39, 0.29) is 0 Å². The SMILES string of the molecule is Cc1ccccc1-c1cccc(N(c2ccc(-c3ccccc3)cc2)c2ccc3c(c2)C(C)Cc2cc(-c4cccc5[nH]c6c(-c7ccccc7)cccc6c45)ccc2-3)c1C. The van der Waals surface area contributed by atoms with Gasteiger partial charge in [0.25, 0.3) is 0 Å². The van der Waals surface area contributed by atoms with Gasteiger partial charge in [-0.15, -0.1) is 0 Å². The average Bonchev–Trinajstić information content (AvgIpc) is 3.70. The van der Waals surface area contributed by atoms with Crippen LogP contribution in [0.1, 0.15) is 35.1 Å². The molecule has 2 nitrogen and oxygen atoms in total. The molecule has 1 aromatic heterocycles. The van der Waals surface area contributed by atoms with Crippen LogP contribution in [0.4, 0.5) is 17.1 Å². The summed E-state index contributed by atoms with van der Waals surface area (Å²) in [6, 6.07) is 73.6. The third-order valence-corrected chi connectivity index (χ3v) is 13.0. The molecule has 0 saturated heterocycles. The number of benzene rings is 9. The number of nitrogens with zero attached hydrogens (tertiary/aromatic N) is 1. The van der Waals surface area contributed by atoms with Crippen molar-refractivity contribution in [1.82, 2.24) is 4.98 Å². The molecule has 1 aliphatic carbocycles. The van der Waals surface area contributed by atoms with Gasteiger partial charge in [-0.2, -0.15) is 0 Å². The molecule has 1 unspecified atom stereocenters. The summed E-state index contributed by atoms with van der Waals surface area (Å²) in [5.41, 5.74) is 23.8. The van der Waals surface area contributed by atoms with Gasteiger partial charge in [0, 0.05) is 38.9 Å². The van der Waals surface area contributed by atoms with Crippen molar-refractivity contribution in [2.45, 2.75) is 33.1 Å². The first kappa shape index (κ1) is 36.6. The fraction of sp³-hybridized carbons (Fsp3) is 0.0847. The van der Waals surface area contributed by atoms with Crippen LogP contribution in [0.15, 0.2) is 200 Å². The van der Waals surface area contributed by atoms with Crippen LogP contribution < -0.4 is 4.90 Å². The number of nitrogens with one attached hydrogen (secondary N) is 1. The van der Waals surface area contributed by atoms with Crippen molar-refractivity contribution in [1.29, 1.82) is 0 Å². The van der Waals surface area contributed by atoms with E-state index in [9.17, 15) is 0 Å². The van der Waals surface area contributed by atoms with Gasteiger partial charge >= 0.3 is 0 Å². The molecule has 9 aromatic carbocycles. The van der Waals surface area contributed by atoms with E-state index in [1.165, 1.54) is 111 Å². The topological polar surface area (TPSA) is 19.0 Å². The van der Waals surface area contributed by atoms with Crippen LogP contribution in [0.3, 0.4) is 0 Å². The van der Waals surface area contributed by atoms with Crippen molar-refractivity contribution >= 4 is 38.9 Å². The minimum Gasteiger partial charge on any atom is -0.354 e. The summed E-state index contributed by atoms with van der Waals surface area (Å²) in [5, 5.41) is 2.54. The second-order valence-corrected chi connectivity index (χ2v) is 16.7. The smallest absolute Gasteiger partial charge is 0.0544 e. The summed E-state index contributed by atoms with van der Waals surface area (Å²) >= 11 is 0. The summed E-state index contributed by atoms with van der Waals surface area (Å²) in [4.78, 5) is 6.26. The van der Waals surface area contributed by atoms with Gasteiger partial charge in [0.15, 0.2) is 0 Å². The van der Waals surface area contributed by atoms with E-state index in [0.717, 1.165) is 12.1 Å². The largest absolute Gasteiger partial charge is 0.354 e. The Hall–Kier alpha value is -7.42. The molecule has 61 heavy (non-hydrogen) atoms. The summed E-state index contributed by atoms with van der Waals surface area (Å²) < 4.78 is 0. The molecule has 11 rings (SSSR count). The Labute approximate surface area is 358 Å². The number of para-hydroxylation sites is 1. The molecule has 1 N–H and O–H groups in total. The summed E-state index contributed by atoms with van der Waals surface area (Å²) in [5.74, 6) is 0.344. The minimum absolute atomic E-state index is 0.344. The van der Waals surface area contributed by atoms with Crippen LogP contribution in [0, 0.1) is 13.8 Å². The van der Waals surface area contributed by atoms with Crippen molar-refractivity contribution < 1.29 is 0 Å². The monoisotopic (exact) mass is 782 g/mol. The molecule has 0 aliphatic heterocycles. The molecule has 0 radical (unpaired) electrons. The van der Waals surface area contributed by atoms with Crippen molar-refractivity contribution in [3.05, 3.63) is 222 Å². The number of fused-ring (bicyclic) bond motifs is 6. The van der Waals surface area contributed by atoms with E-state index in [2.05, 4.69) is 231 Å². The molecule has 0 saturated carbocycles. The zero-order valence-electron chi connectivity index (χ0n) is 34.8. The van der Waals surface area contributed by atoms with Crippen molar-refractivity contribution in [3.8, 4) is 55.6 Å². The fourth-order valence-electron chi connectivity index (χ4n) is 9.94. The van der Waals surface area contributed by atoms with Crippen molar-refractivity contribution in [2.24, 2.45) is 0 Å². The van der Waals surface area contributed by atoms with Gasteiger partial charge in [-0.25, -0.2) is 0 Å². The number of aromatic amines is 1. The van der Waals surface area contributed by atoms with Gasteiger partial charge in [0.2, 0.25) is 0 Å². The lowest BCUT2D eigenvalue weighted by Gasteiger charge is -2.31. The van der Waals surface area contributed by atoms with E-state index >= 15 is 0 Å². The molecule has 292 valence electrons. The maximum absolute atomic E-state index is 3.80. The fourth-order valence-corrected chi connectivity index (χ4v) is 9.94. The molecular formula is C59H46N2. The molecule has 0 amide bonds. The summed E-state index contributed by atoms with van der Waals surface area (Å²) in [6.45, 7) is 6.88. The Morgan fingerprint density at radius 1 is 0.459 bits per heavy atom. The van der Waals surface area contributed by atoms with Crippen LogP contribution in [0.2, 0.25) is 0 Å². The number of anilines is 3. The number of H-pyrrole nitrogens is 1. The zero-order valence-corrected chi connectivity index (χ0v) is 34.8. The zero-order chi connectivity index (χ0) is 41.0. The highest BCUT2D eigenvalue weighted by molar-refractivity contribution is 6.17. The second kappa shape index (κ2) is 15.0. The van der Waals surface area contributed by atoms with Gasteiger partial charge in [0.05, 0.1) is 5.52 Å². The molecule has 0 bridgehead atoms. The highest BCUT2D eigenvalue weighted by Gasteiger charge is 2.26. The Bertz CT molecular complexity index is 3250. The normalized spacial score (nSPS) is 13.3. The van der Waals surface area contributed by atoms with Crippen LogP contribution in [-0.4, -0.2) is 4.98 Å². The standard InChI is InChI=1S/C59H46N2/c1-38-15-10-11-20-48(38)49-21-14-26-57(40(49)3)61(46-30-27-42(28-31-46)41-16-6-4-7-17-41)47-32-34-53-50-33-29-44(36-45(50)35-39(2)55(53)37-47)51-22-13-25-56-58(51)54-24-12-23-52(59(54)60-56)43-18-8-5-9-19-43/h4-34,36-37,39,60H,35H2,1-3H3. The highest BCUT2D eigenvalue weighted by atomic mass is 15.1. The minimum atomic E-state index is 0.344. The molecule has 0 fully saturated rings. The van der Waals surface area contributed by atoms with Gasteiger partial charge in [-0.1, -0.05) is 171 Å². The molecule has 2 heteroatoms. The predicted octanol–water partition coefficient (Wildman–Crippen LogP) is 16.4. The van der Waals surface area contributed by atoms with Crippen LogP contribution in [0.25, 0.3) is 77.4 Å². The number of aromatic nitrogens is 1. The van der Waals surface area contributed by atoms with Crippen LogP contribution in [-0.2, 0) is 6.42 Å². The summed E-state index contributed by atoms with van der Waals surface area (Å²) in [6.07, 6.45) is 0.981. The summed E-state index contributed by atoms with van der Waals surface area (Å²) in [7, 11) is 0. The van der Waals surface area contributed by atoms with Gasteiger partial charge < -0.3 is 9.88 Å². The first-order chi connectivity index (χ1) is 30.0. The van der Waals surface area contributed by atoms with Crippen molar-refractivity contribution in [2.75, 3.05) is 4.90 Å². The first-order valence-electron chi connectivity index (χ1n) is 21.5. The average molecular weight is 783 g/mol. The maximum Gasteiger partial charge on any atom is 0.0544 e. The van der Waals surface area contributed by atoms with Gasteiger partial charge in [0.1, 0.15) is 0 Å². The van der Waals surface area contributed by atoms with E-state index in [1.54, 1.807) is 0 Å². The van der Waals surface area contributed by atoms with E-state index in [4.69, 9.17) is 0 Å². The lowest BCUT2D eigenvalue weighted by atomic mass is 9.78. The third-order valence-electron chi connectivity index (χ3n) is 13.0. The number of hydrogen-bond acceptors (Lipinski definition) is 1. The molecule has 0 spiro atoms. The lowest BCUT2D eigenvalue weighted by molar-refractivity contribution is 0.749. The molecule has 1 aliphatic rings. The Balaban J connectivity index is 1.01. The Morgan fingerprint density at radius 2 is 1.08 bits per heavy atom. The van der Waals surface area contributed by atoms with Gasteiger partial charge in [-0.3, -0.25) is 0 Å². The number of aryl methyl sites for hydroxylation is 1. The van der Waals surface area contributed by atoms with E-state index < -0.39 is 0 Å². The van der Waals surface area contributed by atoms with E-state index in [1.807, 2.05) is 0 Å². The maximum atomic E-state index is 3.80. The molecule has 10 aromatic rings. The van der Waals surface area contributed by atoms with Gasteiger partial charge in [-0.05, 0) is 135 Å². The van der Waals surface area contributed by atoms with Crippen LogP contribution >= 0.6 is 0 Å². The molecule has 1 atom stereocenters. The third kappa shape index (κ3) is 6.35. The molecule has 1 heterocycles. The number of rotatable bonds is 7. The Kier molecular flexibility index (Phi) is 9.01. The predicted molar refractivity (Wildman–Crippen MR) is 259 cm³/mol. The first-order valence-corrected chi connectivity index (χ1v) is 21.5. The van der Waals surface area contributed by atoms with Crippen molar-refractivity contribution in [3.63, 3.8) is 0 Å². The Morgan fingerprint density at radius 3 is 1.89 bits per heavy atom. The van der Waals surface area contributed by atoms with E-state index in [0.29, 0.717) is 5.92 Å². The quantitative estimate of drug-likeness (QED) is 0.171.